The summed E-state index contributed by atoms with van der Waals surface area (Å²) in [5.74, 6) is 0.132. The van der Waals surface area contributed by atoms with Crippen LogP contribution < -0.4 is 0 Å². The molecule has 118 valence electrons. The maximum atomic E-state index is 12.6. The minimum Gasteiger partial charge on any atom is -0.223 e. The maximum Gasteiger partial charge on any atom is 0.419 e. The summed E-state index contributed by atoms with van der Waals surface area (Å²) in [6, 6.07) is 1.47. The molecule has 10 heteroatoms. The highest BCUT2D eigenvalue weighted by Gasteiger charge is 2.33. The van der Waals surface area contributed by atoms with Crippen LogP contribution >= 0.6 is 0 Å². The van der Waals surface area contributed by atoms with Crippen molar-refractivity contribution in [2.75, 3.05) is 6.26 Å². The molecule has 0 amide bonds. The quantitative estimate of drug-likeness (QED) is 0.803. The van der Waals surface area contributed by atoms with Gasteiger partial charge in [0.1, 0.15) is 0 Å². The Bertz CT molecular complexity index is 825. The summed E-state index contributed by atoms with van der Waals surface area (Å²) in [4.78, 5) is 7.80. The molecule has 0 aromatic carbocycles. The van der Waals surface area contributed by atoms with Crippen molar-refractivity contribution in [3.8, 4) is 5.82 Å². The Balaban J connectivity index is 2.10. The zero-order valence-electron chi connectivity index (χ0n) is 11.4. The number of sulfone groups is 1. The summed E-state index contributed by atoms with van der Waals surface area (Å²) in [6.07, 6.45) is -0.402. The molecular weight excluding hydrogens is 321 g/mol. The first-order valence-corrected chi connectivity index (χ1v) is 8.25. The van der Waals surface area contributed by atoms with Gasteiger partial charge in [0.15, 0.2) is 5.82 Å². The van der Waals surface area contributed by atoms with E-state index in [1.165, 1.54) is 6.07 Å². The van der Waals surface area contributed by atoms with E-state index in [1.807, 2.05) is 0 Å². The third kappa shape index (κ3) is 2.96. The molecule has 0 radical (unpaired) electrons. The summed E-state index contributed by atoms with van der Waals surface area (Å²) >= 11 is 0. The van der Waals surface area contributed by atoms with Crippen LogP contribution in [0, 0.1) is 0 Å². The zero-order chi connectivity index (χ0) is 16.1. The van der Waals surface area contributed by atoms with E-state index in [0.29, 0.717) is 11.9 Å². The third-order valence-electron chi connectivity index (χ3n) is 3.18. The van der Waals surface area contributed by atoms with E-state index in [0.717, 1.165) is 30.0 Å². The number of hydrogen-bond donors (Lipinski definition) is 0. The van der Waals surface area contributed by atoms with Gasteiger partial charge in [0.05, 0.1) is 17.5 Å². The van der Waals surface area contributed by atoms with Crippen molar-refractivity contribution in [3.63, 3.8) is 0 Å². The average molecular weight is 332 g/mol. The van der Waals surface area contributed by atoms with Gasteiger partial charge in [-0.3, -0.25) is 0 Å². The van der Waals surface area contributed by atoms with Crippen LogP contribution in [0.3, 0.4) is 0 Å². The molecule has 2 aromatic heterocycles. The van der Waals surface area contributed by atoms with Gasteiger partial charge < -0.3 is 0 Å². The van der Waals surface area contributed by atoms with Crippen LogP contribution in [0.25, 0.3) is 5.82 Å². The van der Waals surface area contributed by atoms with Crippen molar-refractivity contribution in [1.82, 2.24) is 19.7 Å². The van der Waals surface area contributed by atoms with E-state index in [-0.39, 0.29) is 11.7 Å². The van der Waals surface area contributed by atoms with Gasteiger partial charge in [0, 0.05) is 24.4 Å². The number of aromatic nitrogens is 4. The fraction of sp³-hybridized carbons (Fsp3) is 0.417. The lowest BCUT2D eigenvalue weighted by Gasteiger charge is -2.06. The monoisotopic (exact) mass is 332 g/mol. The Morgan fingerprint density at radius 3 is 2.45 bits per heavy atom. The molecule has 0 bridgehead atoms. The standard InChI is InChI=1S/C12H11F3N4O2S/c1-22(20,21)11-17-9(7-2-3-7)4-10(18-11)19-6-8(5-16-19)12(13,14)15/h4-7H,2-3H2,1H3. The smallest absolute Gasteiger partial charge is 0.223 e. The van der Waals surface area contributed by atoms with Gasteiger partial charge in [-0.25, -0.2) is 18.1 Å². The van der Waals surface area contributed by atoms with E-state index in [2.05, 4.69) is 15.1 Å². The Morgan fingerprint density at radius 1 is 1.27 bits per heavy atom. The summed E-state index contributed by atoms with van der Waals surface area (Å²) < 4.78 is 62.1. The Kier molecular flexibility index (Phi) is 3.24. The largest absolute Gasteiger partial charge is 0.419 e. The number of hydrogen-bond acceptors (Lipinski definition) is 5. The van der Waals surface area contributed by atoms with Crippen LogP contribution in [-0.2, 0) is 16.0 Å². The molecule has 6 nitrogen and oxygen atoms in total. The van der Waals surface area contributed by atoms with E-state index in [4.69, 9.17) is 0 Å². The van der Waals surface area contributed by atoms with Crippen molar-refractivity contribution in [2.45, 2.75) is 30.1 Å². The number of nitrogens with zero attached hydrogens (tertiary/aromatic N) is 4. The summed E-state index contributed by atoms with van der Waals surface area (Å²) in [6.45, 7) is 0. The molecule has 3 rings (SSSR count). The first-order valence-electron chi connectivity index (χ1n) is 6.36. The first-order chi connectivity index (χ1) is 10.1. The molecule has 0 spiro atoms. The van der Waals surface area contributed by atoms with Gasteiger partial charge in [0.25, 0.3) is 0 Å². The van der Waals surface area contributed by atoms with Crippen LogP contribution in [0.5, 0.6) is 0 Å². The molecular formula is C12H11F3N4O2S. The average Bonchev–Trinajstić information content (AvgIpc) is 3.12. The van der Waals surface area contributed by atoms with Gasteiger partial charge in [-0.05, 0) is 12.8 Å². The number of rotatable bonds is 3. The van der Waals surface area contributed by atoms with Crippen molar-refractivity contribution in [3.05, 3.63) is 29.7 Å². The molecule has 0 N–H and O–H groups in total. The van der Waals surface area contributed by atoms with E-state index in [9.17, 15) is 21.6 Å². The van der Waals surface area contributed by atoms with Crippen LogP contribution in [0.15, 0.2) is 23.6 Å². The van der Waals surface area contributed by atoms with Crippen molar-refractivity contribution < 1.29 is 21.6 Å². The molecule has 1 fully saturated rings. The van der Waals surface area contributed by atoms with E-state index < -0.39 is 26.7 Å². The normalized spacial score (nSPS) is 16.0. The number of alkyl halides is 3. The summed E-state index contributed by atoms with van der Waals surface area (Å²) in [5, 5.41) is 3.20. The highest BCUT2D eigenvalue weighted by atomic mass is 32.2. The van der Waals surface area contributed by atoms with Crippen molar-refractivity contribution in [1.29, 1.82) is 0 Å². The molecule has 0 saturated heterocycles. The Hall–Kier alpha value is -1.97. The molecule has 0 unspecified atom stereocenters. The number of halogens is 3. The second-order valence-electron chi connectivity index (χ2n) is 5.15. The van der Waals surface area contributed by atoms with Crippen LogP contribution in [0.4, 0.5) is 13.2 Å². The van der Waals surface area contributed by atoms with Crippen LogP contribution in [0.1, 0.15) is 30.0 Å². The molecule has 22 heavy (non-hydrogen) atoms. The van der Waals surface area contributed by atoms with Gasteiger partial charge in [-0.2, -0.15) is 23.3 Å². The molecule has 1 aliphatic rings. The molecule has 2 aromatic rings. The molecule has 1 aliphatic carbocycles. The zero-order valence-corrected chi connectivity index (χ0v) is 12.2. The SMILES string of the molecule is CS(=O)(=O)c1nc(C2CC2)cc(-n2cc(C(F)(F)F)cn2)n1. The third-order valence-corrected chi connectivity index (χ3v) is 4.03. The second-order valence-corrected chi connectivity index (χ2v) is 7.06. The van der Waals surface area contributed by atoms with Gasteiger partial charge >= 0.3 is 6.18 Å². The Labute approximate surface area is 123 Å². The highest BCUT2D eigenvalue weighted by Crippen LogP contribution is 2.39. The minimum absolute atomic E-state index is 0.00725. The first kappa shape index (κ1) is 14.9. The van der Waals surface area contributed by atoms with Crippen LogP contribution in [0.2, 0.25) is 0 Å². The summed E-state index contributed by atoms with van der Waals surface area (Å²) in [7, 11) is -3.67. The fourth-order valence-corrected chi connectivity index (χ4v) is 2.43. The lowest BCUT2D eigenvalue weighted by Crippen LogP contribution is -2.10. The van der Waals surface area contributed by atoms with Gasteiger partial charge in [0.2, 0.25) is 15.0 Å². The molecule has 0 aliphatic heterocycles. The summed E-state index contributed by atoms with van der Waals surface area (Å²) in [5.41, 5.74) is -0.422. The highest BCUT2D eigenvalue weighted by molar-refractivity contribution is 7.90. The lowest BCUT2D eigenvalue weighted by atomic mass is 10.3. The van der Waals surface area contributed by atoms with Gasteiger partial charge in [-0.15, -0.1) is 0 Å². The molecule has 2 heterocycles. The molecule has 0 atom stereocenters. The van der Waals surface area contributed by atoms with E-state index in [1.54, 1.807) is 0 Å². The van der Waals surface area contributed by atoms with Crippen LogP contribution in [-0.4, -0.2) is 34.4 Å². The Morgan fingerprint density at radius 2 is 1.95 bits per heavy atom. The predicted octanol–water partition coefficient (Wildman–Crippen LogP) is 1.96. The van der Waals surface area contributed by atoms with E-state index >= 15 is 0 Å². The maximum absolute atomic E-state index is 12.6. The lowest BCUT2D eigenvalue weighted by molar-refractivity contribution is -0.137. The fourth-order valence-electron chi connectivity index (χ4n) is 1.90. The van der Waals surface area contributed by atoms with Crippen molar-refractivity contribution >= 4 is 9.84 Å². The predicted molar refractivity (Wildman–Crippen MR) is 69.2 cm³/mol. The molecule has 1 saturated carbocycles. The van der Waals surface area contributed by atoms with Gasteiger partial charge in [-0.1, -0.05) is 0 Å². The van der Waals surface area contributed by atoms with Crippen molar-refractivity contribution in [2.24, 2.45) is 0 Å². The second kappa shape index (κ2) is 4.77. The topological polar surface area (TPSA) is 77.7 Å². The minimum atomic E-state index is -4.52.